The lowest BCUT2D eigenvalue weighted by atomic mass is 9.91. The van der Waals surface area contributed by atoms with E-state index in [1.807, 2.05) is 12.1 Å². The van der Waals surface area contributed by atoms with Crippen molar-refractivity contribution in [2.45, 2.75) is 18.9 Å². The van der Waals surface area contributed by atoms with Crippen molar-refractivity contribution >= 4 is 23.2 Å². The summed E-state index contributed by atoms with van der Waals surface area (Å²) in [5.41, 5.74) is 12.9. The minimum Gasteiger partial charge on any atom is -0.330 e. The average Bonchev–Trinajstić information content (AvgIpc) is 2.97. The Bertz CT molecular complexity index is 375. The number of hydrogen-bond acceptors (Lipinski definition) is 2. The van der Waals surface area contributed by atoms with Crippen LogP contribution in [-0.4, -0.2) is 6.54 Å². The van der Waals surface area contributed by atoms with Gasteiger partial charge in [0.2, 0.25) is 0 Å². The monoisotopic (exact) mass is 244 g/mol. The first-order chi connectivity index (χ1) is 7.09. The fourth-order valence-electron chi connectivity index (χ4n) is 1.89. The lowest BCUT2D eigenvalue weighted by molar-refractivity contribution is 0.419. The molecule has 1 saturated carbocycles. The lowest BCUT2D eigenvalue weighted by Gasteiger charge is -2.23. The largest absolute Gasteiger partial charge is 0.330 e. The van der Waals surface area contributed by atoms with Crippen molar-refractivity contribution in [3.05, 3.63) is 33.8 Å². The standard InChI is InChI=1S/C11H14Cl2N2/c12-7-1-2-8(9(13)5-7)10(15)11(6-14)3-4-11/h1-2,5,10H,3-4,6,14-15H2. The number of benzene rings is 1. The highest BCUT2D eigenvalue weighted by molar-refractivity contribution is 6.35. The molecule has 2 rings (SSSR count). The van der Waals surface area contributed by atoms with E-state index in [0.29, 0.717) is 16.6 Å². The first kappa shape index (κ1) is 11.2. The molecule has 82 valence electrons. The normalized spacial score (nSPS) is 20.0. The van der Waals surface area contributed by atoms with Gasteiger partial charge in [0.05, 0.1) is 0 Å². The van der Waals surface area contributed by atoms with Crippen LogP contribution in [-0.2, 0) is 0 Å². The summed E-state index contributed by atoms with van der Waals surface area (Å²) in [6, 6.07) is 5.36. The number of hydrogen-bond donors (Lipinski definition) is 2. The zero-order valence-corrected chi connectivity index (χ0v) is 9.85. The fourth-order valence-corrected chi connectivity index (χ4v) is 2.41. The predicted molar refractivity (Wildman–Crippen MR) is 64.1 cm³/mol. The predicted octanol–water partition coefficient (Wildman–Crippen LogP) is 2.73. The van der Waals surface area contributed by atoms with Gasteiger partial charge in [-0.15, -0.1) is 0 Å². The van der Waals surface area contributed by atoms with Gasteiger partial charge in [0.25, 0.3) is 0 Å². The van der Waals surface area contributed by atoms with E-state index in [9.17, 15) is 0 Å². The molecule has 1 fully saturated rings. The molecule has 0 bridgehead atoms. The summed E-state index contributed by atoms with van der Waals surface area (Å²) in [5.74, 6) is 0. The van der Waals surface area contributed by atoms with Gasteiger partial charge in [-0.2, -0.15) is 0 Å². The second-order valence-corrected chi connectivity index (χ2v) is 5.05. The molecule has 0 amide bonds. The van der Waals surface area contributed by atoms with Crippen molar-refractivity contribution in [2.75, 3.05) is 6.54 Å². The van der Waals surface area contributed by atoms with Crippen molar-refractivity contribution in [2.24, 2.45) is 16.9 Å². The van der Waals surface area contributed by atoms with Gasteiger partial charge in [0.1, 0.15) is 0 Å². The second kappa shape index (κ2) is 3.95. The number of rotatable bonds is 3. The molecule has 4 N–H and O–H groups in total. The van der Waals surface area contributed by atoms with Crippen LogP contribution in [0.25, 0.3) is 0 Å². The molecule has 1 aliphatic carbocycles. The first-order valence-electron chi connectivity index (χ1n) is 5.00. The molecular weight excluding hydrogens is 231 g/mol. The lowest BCUT2D eigenvalue weighted by Crippen LogP contribution is -2.29. The van der Waals surface area contributed by atoms with Gasteiger partial charge in [0.15, 0.2) is 0 Å². The number of halogens is 2. The van der Waals surface area contributed by atoms with Gasteiger partial charge in [-0.25, -0.2) is 0 Å². The molecule has 1 aromatic carbocycles. The molecule has 0 radical (unpaired) electrons. The Morgan fingerprint density at radius 1 is 1.33 bits per heavy atom. The molecule has 1 aromatic rings. The van der Waals surface area contributed by atoms with Crippen LogP contribution in [0.15, 0.2) is 18.2 Å². The molecule has 0 aliphatic heterocycles. The Balaban J connectivity index is 2.29. The van der Waals surface area contributed by atoms with E-state index in [0.717, 1.165) is 18.4 Å². The molecule has 0 saturated heterocycles. The van der Waals surface area contributed by atoms with E-state index < -0.39 is 0 Å². The van der Waals surface area contributed by atoms with Crippen LogP contribution in [0, 0.1) is 5.41 Å². The first-order valence-corrected chi connectivity index (χ1v) is 5.75. The zero-order chi connectivity index (χ0) is 11.1. The third-order valence-electron chi connectivity index (χ3n) is 3.26. The van der Waals surface area contributed by atoms with Crippen molar-refractivity contribution in [3.63, 3.8) is 0 Å². The minimum absolute atomic E-state index is 0.0669. The van der Waals surface area contributed by atoms with Gasteiger partial charge in [-0.05, 0) is 37.1 Å². The molecular formula is C11H14Cl2N2. The molecule has 1 atom stereocenters. The summed E-state index contributed by atoms with van der Waals surface area (Å²) in [6.45, 7) is 0.618. The molecule has 4 heteroatoms. The summed E-state index contributed by atoms with van der Waals surface area (Å²) in [6.07, 6.45) is 2.17. The summed E-state index contributed by atoms with van der Waals surface area (Å²) in [7, 11) is 0. The third kappa shape index (κ3) is 2.00. The Labute approximate surface area is 99.5 Å². The van der Waals surface area contributed by atoms with Crippen LogP contribution in [0.3, 0.4) is 0 Å². The van der Waals surface area contributed by atoms with Crippen LogP contribution in [0.4, 0.5) is 0 Å². The van der Waals surface area contributed by atoms with E-state index in [4.69, 9.17) is 34.7 Å². The summed E-state index contributed by atoms with van der Waals surface area (Å²) in [4.78, 5) is 0. The van der Waals surface area contributed by atoms with Crippen LogP contribution >= 0.6 is 23.2 Å². The molecule has 1 unspecified atom stereocenters. The Morgan fingerprint density at radius 3 is 2.47 bits per heavy atom. The summed E-state index contributed by atoms with van der Waals surface area (Å²) < 4.78 is 0. The highest BCUT2D eigenvalue weighted by Gasteiger charge is 2.47. The van der Waals surface area contributed by atoms with E-state index >= 15 is 0 Å². The topological polar surface area (TPSA) is 52.0 Å². The van der Waals surface area contributed by atoms with Gasteiger partial charge in [-0.3, -0.25) is 0 Å². The molecule has 0 spiro atoms. The zero-order valence-electron chi connectivity index (χ0n) is 8.34. The quantitative estimate of drug-likeness (QED) is 0.860. The van der Waals surface area contributed by atoms with Crippen LogP contribution in [0.5, 0.6) is 0 Å². The Morgan fingerprint density at radius 2 is 2.00 bits per heavy atom. The van der Waals surface area contributed by atoms with Crippen molar-refractivity contribution in [1.82, 2.24) is 0 Å². The average molecular weight is 245 g/mol. The summed E-state index contributed by atoms with van der Waals surface area (Å²) in [5, 5.41) is 1.27. The highest BCUT2D eigenvalue weighted by Crippen LogP contribution is 2.53. The maximum atomic E-state index is 6.19. The molecule has 15 heavy (non-hydrogen) atoms. The van der Waals surface area contributed by atoms with E-state index in [1.54, 1.807) is 6.07 Å². The van der Waals surface area contributed by atoms with Gasteiger partial charge >= 0.3 is 0 Å². The molecule has 2 nitrogen and oxygen atoms in total. The summed E-state index contributed by atoms with van der Waals surface area (Å²) >= 11 is 11.9. The maximum Gasteiger partial charge on any atom is 0.0468 e. The van der Waals surface area contributed by atoms with Gasteiger partial charge in [0, 0.05) is 21.5 Å². The SMILES string of the molecule is NCC1(C(N)c2ccc(Cl)cc2Cl)CC1. The maximum absolute atomic E-state index is 6.19. The smallest absolute Gasteiger partial charge is 0.0468 e. The molecule has 0 aromatic heterocycles. The third-order valence-corrected chi connectivity index (χ3v) is 3.82. The Hall–Kier alpha value is -0.280. The molecule has 1 aliphatic rings. The second-order valence-electron chi connectivity index (χ2n) is 4.21. The van der Waals surface area contributed by atoms with Crippen LogP contribution in [0.2, 0.25) is 10.0 Å². The van der Waals surface area contributed by atoms with Crippen LogP contribution < -0.4 is 11.5 Å². The Kier molecular flexibility index (Phi) is 2.95. The van der Waals surface area contributed by atoms with Crippen molar-refractivity contribution in [3.8, 4) is 0 Å². The van der Waals surface area contributed by atoms with E-state index in [2.05, 4.69) is 0 Å². The van der Waals surface area contributed by atoms with E-state index in [-0.39, 0.29) is 11.5 Å². The van der Waals surface area contributed by atoms with E-state index in [1.165, 1.54) is 0 Å². The minimum atomic E-state index is -0.0766. The van der Waals surface area contributed by atoms with Crippen molar-refractivity contribution in [1.29, 1.82) is 0 Å². The van der Waals surface area contributed by atoms with Gasteiger partial charge < -0.3 is 11.5 Å². The number of nitrogens with two attached hydrogens (primary N) is 2. The fraction of sp³-hybridized carbons (Fsp3) is 0.455. The van der Waals surface area contributed by atoms with Crippen molar-refractivity contribution < 1.29 is 0 Å². The van der Waals surface area contributed by atoms with Crippen LogP contribution in [0.1, 0.15) is 24.4 Å². The molecule has 0 heterocycles. The van der Waals surface area contributed by atoms with Gasteiger partial charge in [-0.1, -0.05) is 29.3 Å². The highest BCUT2D eigenvalue weighted by atomic mass is 35.5.